The zero-order valence-corrected chi connectivity index (χ0v) is 12.0. The Labute approximate surface area is 114 Å². The van der Waals surface area contributed by atoms with Crippen LogP contribution in [0.25, 0.3) is 0 Å². The molecule has 1 aliphatic rings. The Kier molecular flexibility index (Phi) is 4.13. The average Bonchev–Trinajstić information content (AvgIpc) is 2.30. The van der Waals surface area contributed by atoms with Crippen molar-refractivity contribution in [2.24, 2.45) is 0 Å². The van der Waals surface area contributed by atoms with Crippen molar-refractivity contribution in [1.29, 1.82) is 0 Å². The van der Waals surface area contributed by atoms with E-state index in [1.807, 2.05) is 6.92 Å². The predicted molar refractivity (Wildman–Crippen MR) is 73.8 cm³/mol. The molecule has 0 amide bonds. The smallest absolute Gasteiger partial charge is 0.366 e. The van der Waals surface area contributed by atoms with E-state index in [1.54, 1.807) is 0 Å². The summed E-state index contributed by atoms with van der Waals surface area (Å²) in [6.07, 6.45) is 2.06. The second-order valence-corrected chi connectivity index (χ2v) is 6.05. The van der Waals surface area contributed by atoms with Crippen molar-refractivity contribution < 1.29 is 17.2 Å². The summed E-state index contributed by atoms with van der Waals surface area (Å²) in [5, 5.41) is 0. The largest absolute Gasteiger partial charge is 0.397 e. The quantitative estimate of drug-likeness (QED) is 0.857. The van der Waals surface area contributed by atoms with Crippen molar-refractivity contribution in [1.82, 2.24) is 0 Å². The molecule has 0 saturated heterocycles. The van der Waals surface area contributed by atoms with Gasteiger partial charge in [0.2, 0.25) is 0 Å². The number of anilines is 1. The molecule has 1 atom stereocenters. The van der Waals surface area contributed by atoms with E-state index in [0.717, 1.165) is 18.5 Å². The van der Waals surface area contributed by atoms with Gasteiger partial charge in [-0.25, -0.2) is 4.18 Å². The highest BCUT2D eigenvalue weighted by Gasteiger charge is 2.23. The Morgan fingerprint density at radius 1 is 1.47 bits per heavy atom. The summed E-state index contributed by atoms with van der Waals surface area (Å²) in [4.78, 5) is 2.14. The molecule has 2 rings (SSSR count). The van der Waals surface area contributed by atoms with Crippen molar-refractivity contribution in [3.8, 4) is 0 Å². The zero-order valence-electron chi connectivity index (χ0n) is 11.2. The molecule has 0 aliphatic carbocycles. The Hall–Kier alpha value is -1.11. The van der Waals surface area contributed by atoms with E-state index in [9.17, 15) is 8.42 Å². The molecule has 1 heterocycles. The number of nitrogens with zero attached hydrogens (tertiary/aromatic N) is 1. The molecule has 5 nitrogen and oxygen atoms in total. The maximum absolute atomic E-state index is 10.6. The molecule has 19 heavy (non-hydrogen) atoms. The maximum atomic E-state index is 10.6. The fourth-order valence-corrected chi connectivity index (χ4v) is 2.78. The van der Waals surface area contributed by atoms with Gasteiger partial charge in [0.15, 0.2) is 0 Å². The highest BCUT2D eigenvalue weighted by Crippen LogP contribution is 2.31. The molecular formula is C13H19NO4S. The molecule has 106 valence electrons. The van der Waals surface area contributed by atoms with Crippen LogP contribution in [0.5, 0.6) is 0 Å². The monoisotopic (exact) mass is 285 g/mol. The number of hydrogen-bond acceptors (Lipinski definition) is 4. The summed E-state index contributed by atoms with van der Waals surface area (Å²) in [6, 6.07) is 6.65. The molecule has 0 saturated carbocycles. The molecule has 0 fully saturated rings. The molecule has 0 aromatic heterocycles. The van der Waals surface area contributed by atoms with Gasteiger partial charge in [-0.3, -0.25) is 4.55 Å². The van der Waals surface area contributed by atoms with Crippen molar-refractivity contribution in [3.63, 3.8) is 0 Å². The van der Waals surface area contributed by atoms with Gasteiger partial charge in [0.05, 0.1) is 6.61 Å². The lowest BCUT2D eigenvalue weighted by atomic mass is 9.95. The van der Waals surface area contributed by atoms with Crippen LogP contribution < -0.4 is 4.90 Å². The lowest BCUT2D eigenvalue weighted by molar-refractivity contribution is 0.270. The fraction of sp³-hybridized carbons (Fsp3) is 0.538. The first-order valence-electron chi connectivity index (χ1n) is 6.35. The highest BCUT2D eigenvalue weighted by molar-refractivity contribution is 7.80. The summed E-state index contributed by atoms with van der Waals surface area (Å²) < 4.78 is 34.1. The van der Waals surface area contributed by atoms with Gasteiger partial charge in [0.1, 0.15) is 0 Å². The summed E-state index contributed by atoms with van der Waals surface area (Å²) >= 11 is 0. The van der Waals surface area contributed by atoms with Gasteiger partial charge in [-0.05, 0) is 43.9 Å². The Bertz CT molecular complexity index is 556. The molecule has 0 radical (unpaired) electrons. The number of rotatable bonds is 4. The van der Waals surface area contributed by atoms with E-state index in [0.29, 0.717) is 12.6 Å². The predicted octanol–water partition coefficient (Wildman–Crippen LogP) is 1.96. The maximum Gasteiger partial charge on any atom is 0.397 e. The lowest BCUT2D eigenvalue weighted by Gasteiger charge is -2.37. The highest BCUT2D eigenvalue weighted by atomic mass is 32.3. The molecule has 1 aromatic rings. The van der Waals surface area contributed by atoms with Crippen LogP contribution in [0, 0.1) is 6.92 Å². The van der Waals surface area contributed by atoms with Crippen molar-refractivity contribution in [2.75, 3.05) is 18.1 Å². The molecular weight excluding hydrogens is 266 g/mol. The van der Waals surface area contributed by atoms with Crippen LogP contribution >= 0.6 is 0 Å². The lowest BCUT2D eigenvalue weighted by Crippen LogP contribution is -2.39. The van der Waals surface area contributed by atoms with Crippen molar-refractivity contribution in [3.05, 3.63) is 29.3 Å². The van der Waals surface area contributed by atoms with Crippen LogP contribution in [-0.2, 0) is 21.0 Å². The van der Waals surface area contributed by atoms with Crippen LogP contribution in [-0.4, -0.2) is 32.2 Å². The topological polar surface area (TPSA) is 66.8 Å². The van der Waals surface area contributed by atoms with Crippen molar-refractivity contribution >= 4 is 16.1 Å². The third-order valence-corrected chi connectivity index (χ3v) is 3.94. The molecule has 1 unspecified atom stereocenters. The third-order valence-electron chi connectivity index (χ3n) is 3.48. The molecule has 0 bridgehead atoms. The minimum atomic E-state index is -4.35. The van der Waals surface area contributed by atoms with Gasteiger partial charge in [0, 0.05) is 18.3 Å². The minimum Gasteiger partial charge on any atom is -0.366 e. The van der Waals surface area contributed by atoms with Crippen LogP contribution in [0.15, 0.2) is 18.2 Å². The summed E-state index contributed by atoms with van der Waals surface area (Å²) in [5.74, 6) is 0. The first-order valence-corrected chi connectivity index (χ1v) is 7.71. The van der Waals surface area contributed by atoms with Gasteiger partial charge < -0.3 is 4.90 Å². The van der Waals surface area contributed by atoms with Crippen LogP contribution in [0.3, 0.4) is 0 Å². The fourth-order valence-electron chi connectivity index (χ4n) is 2.49. The van der Waals surface area contributed by atoms with Crippen molar-refractivity contribution in [2.45, 2.75) is 32.7 Å². The van der Waals surface area contributed by atoms with Crippen LogP contribution in [0.2, 0.25) is 0 Å². The average molecular weight is 285 g/mol. The standard InChI is InChI=1S/C13H19NO4S/c1-10-3-5-12-6-4-11(2)14(13(12)9-10)7-8-18-19(15,16)17/h3,5,9,11H,4,6-8H2,1-2H3,(H,15,16,17). The van der Waals surface area contributed by atoms with Gasteiger partial charge in [-0.2, -0.15) is 8.42 Å². The molecule has 0 spiro atoms. The van der Waals surface area contributed by atoms with E-state index in [-0.39, 0.29) is 6.61 Å². The summed E-state index contributed by atoms with van der Waals surface area (Å²) in [7, 11) is -4.35. The van der Waals surface area contributed by atoms with E-state index < -0.39 is 10.4 Å². The van der Waals surface area contributed by atoms with Gasteiger partial charge in [0.25, 0.3) is 0 Å². The summed E-state index contributed by atoms with van der Waals surface area (Å²) in [6.45, 7) is 4.54. The van der Waals surface area contributed by atoms with E-state index in [4.69, 9.17) is 4.55 Å². The third kappa shape index (κ3) is 3.68. The van der Waals surface area contributed by atoms with Gasteiger partial charge in [-0.1, -0.05) is 12.1 Å². The normalized spacial score (nSPS) is 19.3. The minimum absolute atomic E-state index is 0.0451. The molecule has 1 aliphatic heterocycles. The molecule has 6 heteroatoms. The SMILES string of the molecule is Cc1ccc2c(c1)N(CCOS(=O)(=O)O)C(C)CC2. The molecule has 1 aromatic carbocycles. The summed E-state index contributed by atoms with van der Waals surface area (Å²) in [5.41, 5.74) is 3.58. The van der Waals surface area contributed by atoms with E-state index in [2.05, 4.69) is 34.2 Å². The number of hydrogen-bond donors (Lipinski definition) is 1. The number of fused-ring (bicyclic) bond motifs is 1. The second-order valence-electron chi connectivity index (χ2n) is 4.96. The van der Waals surface area contributed by atoms with Crippen LogP contribution in [0.1, 0.15) is 24.5 Å². The Morgan fingerprint density at radius 3 is 2.89 bits per heavy atom. The first-order chi connectivity index (χ1) is 8.87. The second kappa shape index (κ2) is 5.48. The van der Waals surface area contributed by atoms with Gasteiger partial charge in [-0.15, -0.1) is 0 Å². The van der Waals surface area contributed by atoms with Gasteiger partial charge >= 0.3 is 10.4 Å². The van der Waals surface area contributed by atoms with Crippen LogP contribution in [0.4, 0.5) is 5.69 Å². The Morgan fingerprint density at radius 2 is 2.21 bits per heavy atom. The number of benzene rings is 1. The zero-order chi connectivity index (χ0) is 14.0. The first kappa shape index (κ1) is 14.3. The van der Waals surface area contributed by atoms with E-state index in [1.165, 1.54) is 11.1 Å². The Balaban J connectivity index is 2.14. The molecule has 1 N–H and O–H groups in total. The van der Waals surface area contributed by atoms with E-state index >= 15 is 0 Å². The number of aryl methyl sites for hydroxylation is 2.